The fourth-order valence-corrected chi connectivity index (χ4v) is 4.52. The van der Waals surface area contributed by atoms with Crippen LogP contribution in [0.1, 0.15) is 18.4 Å². The van der Waals surface area contributed by atoms with E-state index in [2.05, 4.69) is 62.6 Å². The predicted molar refractivity (Wildman–Crippen MR) is 81.2 cm³/mol. The SMILES string of the molecule is C=CCC(CCc1ccccc1)C[Si](C)(C)C. The summed E-state index contributed by atoms with van der Waals surface area (Å²) >= 11 is 0. The second kappa shape index (κ2) is 6.80. The number of rotatable bonds is 7. The van der Waals surface area contributed by atoms with Gasteiger partial charge >= 0.3 is 0 Å². The molecule has 94 valence electrons. The van der Waals surface area contributed by atoms with Crippen LogP contribution in [-0.2, 0) is 6.42 Å². The summed E-state index contributed by atoms with van der Waals surface area (Å²) in [4.78, 5) is 0. The van der Waals surface area contributed by atoms with E-state index in [0.29, 0.717) is 0 Å². The predicted octanol–water partition coefficient (Wildman–Crippen LogP) is 5.15. The summed E-state index contributed by atoms with van der Waals surface area (Å²) < 4.78 is 0. The standard InChI is InChI=1S/C16H26Si/c1-5-9-16(14-17(2,3)4)13-12-15-10-7-6-8-11-15/h5-8,10-11,16H,1,9,12-14H2,2-4H3. The second-order valence-electron chi connectivity index (χ2n) is 6.18. The minimum atomic E-state index is -0.943. The largest absolute Gasteiger partial charge is 0.103 e. The zero-order chi connectivity index (χ0) is 12.7. The first-order valence-corrected chi connectivity index (χ1v) is 10.4. The van der Waals surface area contributed by atoms with E-state index < -0.39 is 8.07 Å². The molecule has 0 spiro atoms. The Morgan fingerprint density at radius 3 is 2.35 bits per heavy atom. The Morgan fingerprint density at radius 2 is 1.82 bits per heavy atom. The number of hydrogen-bond donors (Lipinski definition) is 0. The van der Waals surface area contributed by atoms with Gasteiger partial charge in [-0.2, -0.15) is 0 Å². The van der Waals surface area contributed by atoms with E-state index in [1.54, 1.807) is 0 Å². The van der Waals surface area contributed by atoms with Crippen LogP contribution in [0.4, 0.5) is 0 Å². The van der Waals surface area contributed by atoms with Crippen LogP contribution < -0.4 is 0 Å². The molecule has 0 heterocycles. The Hall–Kier alpha value is -0.823. The van der Waals surface area contributed by atoms with Gasteiger partial charge in [0.15, 0.2) is 0 Å². The zero-order valence-corrected chi connectivity index (χ0v) is 12.6. The third-order valence-electron chi connectivity index (χ3n) is 3.09. The highest BCUT2D eigenvalue weighted by molar-refractivity contribution is 6.76. The lowest BCUT2D eigenvalue weighted by molar-refractivity contribution is 0.533. The quantitative estimate of drug-likeness (QED) is 0.461. The average molecular weight is 246 g/mol. The highest BCUT2D eigenvalue weighted by atomic mass is 28.3. The van der Waals surface area contributed by atoms with E-state index in [4.69, 9.17) is 0 Å². The van der Waals surface area contributed by atoms with Gasteiger partial charge in [-0.15, -0.1) is 6.58 Å². The van der Waals surface area contributed by atoms with E-state index in [1.807, 2.05) is 0 Å². The summed E-state index contributed by atoms with van der Waals surface area (Å²) in [5.41, 5.74) is 1.47. The Balaban J connectivity index is 2.47. The average Bonchev–Trinajstić information content (AvgIpc) is 2.26. The van der Waals surface area contributed by atoms with Gasteiger partial charge in [-0.1, -0.05) is 62.1 Å². The maximum Gasteiger partial charge on any atom is 0.0445 e. The normalized spacial score (nSPS) is 13.4. The molecular formula is C16H26Si. The Kier molecular flexibility index (Phi) is 5.70. The summed E-state index contributed by atoms with van der Waals surface area (Å²) in [5.74, 6) is 0.833. The number of allylic oxidation sites excluding steroid dienone is 1. The van der Waals surface area contributed by atoms with Gasteiger partial charge < -0.3 is 0 Å². The minimum absolute atomic E-state index is 0.833. The van der Waals surface area contributed by atoms with Crippen LogP contribution >= 0.6 is 0 Å². The highest BCUT2D eigenvalue weighted by Gasteiger charge is 2.19. The van der Waals surface area contributed by atoms with Crippen molar-refractivity contribution in [2.75, 3.05) is 0 Å². The first-order chi connectivity index (χ1) is 8.01. The van der Waals surface area contributed by atoms with Crippen molar-refractivity contribution in [1.82, 2.24) is 0 Å². The van der Waals surface area contributed by atoms with E-state index in [9.17, 15) is 0 Å². The molecule has 0 radical (unpaired) electrons. The minimum Gasteiger partial charge on any atom is -0.103 e. The Bertz CT molecular complexity index is 321. The molecule has 1 heteroatoms. The maximum atomic E-state index is 3.90. The summed E-state index contributed by atoms with van der Waals surface area (Å²) in [6.07, 6.45) is 5.79. The monoisotopic (exact) mass is 246 g/mol. The summed E-state index contributed by atoms with van der Waals surface area (Å²) in [5, 5.41) is 0. The van der Waals surface area contributed by atoms with E-state index >= 15 is 0 Å². The van der Waals surface area contributed by atoms with Crippen LogP contribution in [0.5, 0.6) is 0 Å². The van der Waals surface area contributed by atoms with Gasteiger partial charge in [0.2, 0.25) is 0 Å². The summed E-state index contributed by atoms with van der Waals surface area (Å²) in [7, 11) is -0.943. The highest BCUT2D eigenvalue weighted by Crippen LogP contribution is 2.24. The van der Waals surface area contributed by atoms with Crippen molar-refractivity contribution in [1.29, 1.82) is 0 Å². The van der Waals surface area contributed by atoms with Crippen molar-refractivity contribution in [3.63, 3.8) is 0 Å². The molecule has 0 fully saturated rings. The molecule has 0 saturated carbocycles. The molecule has 0 amide bonds. The molecule has 1 unspecified atom stereocenters. The first-order valence-electron chi connectivity index (χ1n) is 6.66. The zero-order valence-electron chi connectivity index (χ0n) is 11.6. The molecule has 1 aromatic carbocycles. The van der Waals surface area contributed by atoms with Crippen molar-refractivity contribution in [2.24, 2.45) is 5.92 Å². The number of hydrogen-bond acceptors (Lipinski definition) is 0. The molecule has 0 aliphatic carbocycles. The number of aryl methyl sites for hydroxylation is 1. The van der Waals surface area contributed by atoms with E-state index in [-0.39, 0.29) is 0 Å². The first kappa shape index (κ1) is 14.2. The van der Waals surface area contributed by atoms with Crippen LogP contribution in [0.2, 0.25) is 25.7 Å². The lowest BCUT2D eigenvalue weighted by Gasteiger charge is -2.23. The maximum absolute atomic E-state index is 3.90. The smallest absolute Gasteiger partial charge is 0.0445 e. The number of benzene rings is 1. The Labute approximate surface area is 108 Å². The molecule has 1 rings (SSSR count). The molecule has 17 heavy (non-hydrogen) atoms. The van der Waals surface area contributed by atoms with Gasteiger partial charge in [0.1, 0.15) is 0 Å². The third kappa shape index (κ3) is 6.47. The molecular weight excluding hydrogens is 220 g/mol. The molecule has 1 atom stereocenters. The molecule has 0 nitrogen and oxygen atoms in total. The third-order valence-corrected chi connectivity index (χ3v) is 4.89. The molecule has 0 aliphatic heterocycles. The van der Waals surface area contributed by atoms with Crippen LogP contribution in [0, 0.1) is 5.92 Å². The second-order valence-corrected chi connectivity index (χ2v) is 11.7. The van der Waals surface area contributed by atoms with E-state index in [0.717, 1.165) is 5.92 Å². The molecule has 1 aromatic rings. The lowest BCUT2D eigenvalue weighted by atomic mass is 9.98. The van der Waals surface area contributed by atoms with Crippen molar-refractivity contribution in [2.45, 2.75) is 44.9 Å². The van der Waals surface area contributed by atoms with Crippen molar-refractivity contribution in [3.8, 4) is 0 Å². The fraction of sp³-hybridized carbons (Fsp3) is 0.500. The van der Waals surface area contributed by atoms with Gasteiger partial charge in [0.05, 0.1) is 0 Å². The van der Waals surface area contributed by atoms with Crippen LogP contribution in [0.3, 0.4) is 0 Å². The lowest BCUT2D eigenvalue weighted by Crippen LogP contribution is -2.24. The topological polar surface area (TPSA) is 0 Å². The molecule has 0 saturated heterocycles. The van der Waals surface area contributed by atoms with Gasteiger partial charge in [0.25, 0.3) is 0 Å². The van der Waals surface area contributed by atoms with Crippen molar-refractivity contribution < 1.29 is 0 Å². The molecule has 0 aliphatic rings. The molecule has 0 aromatic heterocycles. The van der Waals surface area contributed by atoms with Gasteiger partial charge in [-0.25, -0.2) is 0 Å². The van der Waals surface area contributed by atoms with Gasteiger partial charge in [-0.05, 0) is 30.7 Å². The van der Waals surface area contributed by atoms with Gasteiger partial charge in [-0.3, -0.25) is 0 Å². The van der Waals surface area contributed by atoms with Gasteiger partial charge in [0, 0.05) is 8.07 Å². The summed E-state index contributed by atoms with van der Waals surface area (Å²) in [6, 6.07) is 12.3. The van der Waals surface area contributed by atoms with E-state index in [1.165, 1.54) is 30.9 Å². The molecule has 0 bridgehead atoms. The van der Waals surface area contributed by atoms with Crippen molar-refractivity contribution in [3.05, 3.63) is 48.6 Å². The molecule has 0 N–H and O–H groups in total. The Morgan fingerprint density at radius 1 is 1.18 bits per heavy atom. The van der Waals surface area contributed by atoms with Crippen molar-refractivity contribution >= 4 is 8.07 Å². The fourth-order valence-electron chi connectivity index (χ4n) is 2.42. The van der Waals surface area contributed by atoms with Crippen LogP contribution in [-0.4, -0.2) is 8.07 Å². The summed E-state index contributed by atoms with van der Waals surface area (Å²) in [6.45, 7) is 11.3. The van der Waals surface area contributed by atoms with Crippen LogP contribution in [0.25, 0.3) is 0 Å². The van der Waals surface area contributed by atoms with Crippen LogP contribution in [0.15, 0.2) is 43.0 Å².